The molecule has 0 bridgehead atoms. The lowest BCUT2D eigenvalue weighted by atomic mass is 10.2. The van der Waals surface area contributed by atoms with Gasteiger partial charge in [-0.1, -0.05) is 11.6 Å². The van der Waals surface area contributed by atoms with Gasteiger partial charge >= 0.3 is 0 Å². The van der Waals surface area contributed by atoms with Gasteiger partial charge in [0.2, 0.25) is 0 Å². The van der Waals surface area contributed by atoms with Gasteiger partial charge in [-0.05, 0) is 30.3 Å². The van der Waals surface area contributed by atoms with Crippen molar-refractivity contribution in [2.45, 2.75) is 0 Å². The Kier molecular flexibility index (Phi) is 3.04. The highest BCUT2D eigenvalue weighted by Gasteiger charge is 2.02. The first kappa shape index (κ1) is 10.5. The van der Waals surface area contributed by atoms with E-state index in [2.05, 4.69) is 16.4 Å². The minimum absolute atomic E-state index is 0.549. The third-order valence-corrected chi connectivity index (χ3v) is 2.28. The third kappa shape index (κ3) is 2.30. The number of halogens is 1. The number of rotatable bonds is 2. The average Bonchev–Trinajstić information content (AvgIpc) is 2.31. The molecule has 2 rings (SSSR count). The van der Waals surface area contributed by atoms with Crippen LogP contribution < -0.4 is 5.32 Å². The summed E-state index contributed by atoms with van der Waals surface area (Å²) >= 11 is 5.87. The molecule has 78 valence electrons. The number of pyridine rings is 1. The Morgan fingerprint density at radius 1 is 1.31 bits per heavy atom. The summed E-state index contributed by atoms with van der Waals surface area (Å²) in [6.07, 6.45) is 3.37. The van der Waals surface area contributed by atoms with Gasteiger partial charge in [0, 0.05) is 11.2 Å². The molecule has 0 saturated carbocycles. The molecule has 0 fully saturated rings. The average molecular weight is 230 g/mol. The van der Waals surface area contributed by atoms with Crippen LogP contribution in [0.2, 0.25) is 5.02 Å². The number of nitrogens with one attached hydrogen (secondary N) is 1. The van der Waals surface area contributed by atoms with Gasteiger partial charge in [-0.15, -0.1) is 0 Å². The number of hydrogen-bond donors (Lipinski definition) is 1. The second-order valence-corrected chi connectivity index (χ2v) is 3.60. The number of hydrogen-bond acceptors (Lipinski definition) is 3. The van der Waals surface area contributed by atoms with Crippen molar-refractivity contribution in [3.05, 3.63) is 53.3 Å². The van der Waals surface area contributed by atoms with E-state index in [1.54, 1.807) is 30.6 Å². The van der Waals surface area contributed by atoms with E-state index in [-0.39, 0.29) is 0 Å². The molecule has 0 spiro atoms. The van der Waals surface area contributed by atoms with E-state index in [1.807, 2.05) is 12.1 Å². The van der Waals surface area contributed by atoms with E-state index in [0.717, 1.165) is 5.69 Å². The van der Waals surface area contributed by atoms with Crippen molar-refractivity contribution in [1.82, 2.24) is 4.98 Å². The zero-order valence-corrected chi connectivity index (χ0v) is 9.07. The van der Waals surface area contributed by atoms with E-state index >= 15 is 0 Å². The summed E-state index contributed by atoms with van der Waals surface area (Å²) in [6, 6.07) is 10.9. The fraction of sp³-hybridized carbons (Fsp3) is 0. The van der Waals surface area contributed by atoms with Crippen LogP contribution in [0.25, 0.3) is 0 Å². The van der Waals surface area contributed by atoms with Gasteiger partial charge in [0.1, 0.15) is 6.07 Å². The zero-order chi connectivity index (χ0) is 11.4. The molecule has 4 heteroatoms. The fourth-order valence-electron chi connectivity index (χ4n) is 1.31. The van der Waals surface area contributed by atoms with Crippen LogP contribution in [0.3, 0.4) is 0 Å². The second kappa shape index (κ2) is 4.65. The summed E-state index contributed by atoms with van der Waals surface area (Å²) in [5.74, 6) is 0. The summed E-state index contributed by atoms with van der Waals surface area (Å²) in [5.41, 5.74) is 2.05. The summed E-state index contributed by atoms with van der Waals surface area (Å²) in [6.45, 7) is 0. The van der Waals surface area contributed by atoms with Gasteiger partial charge in [-0.25, -0.2) is 0 Å². The lowest BCUT2D eigenvalue weighted by Gasteiger charge is -2.07. The van der Waals surface area contributed by atoms with Crippen LogP contribution in [-0.2, 0) is 0 Å². The quantitative estimate of drug-likeness (QED) is 0.859. The van der Waals surface area contributed by atoms with Crippen LogP contribution >= 0.6 is 11.6 Å². The molecule has 0 atom stereocenters. The van der Waals surface area contributed by atoms with E-state index in [4.69, 9.17) is 16.9 Å². The standard InChI is InChI=1S/C12H8ClN3/c13-10-4-3-9(7-14)12(6-10)16-11-2-1-5-15-8-11/h1-6,8,16H. The Bertz CT molecular complexity index is 532. The maximum atomic E-state index is 8.94. The summed E-state index contributed by atoms with van der Waals surface area (Å²) in [5, 5.41) is 12.6. The highest BCUT2D eigenvalue weighted by molar-refractivity contribution is 6.30. The van der Waals surface area contributed by atoms with Crippen molar-refractivity contribution >= 4 is 23.0 Å². The number of nitrogens with zero attached hydrogens (tertiary/aromatic N) is 2. The van der Waals surface area contributed by atoms with Crippen LogP contribution in [-0.4, -0.2) is 4.98 Å². The summed E-state index contributed by atoms with van der Waals surface area (Å²) in [7, 11) is 0. The first-order chi connectivity index (χ1) is 7.79. The molecule has 0 saturated heterocycles. The number of benzene rings is 1. The Labute approximate surface area is 98.3 Å². The third-order valence-electron chi connectivity index (χ3n) is 2.04. The molecule has 1 heterocycles. The van der Waals surface area contributed by atoms with Crippen molar-refractivity contribution in [3.63, 3.8) is 0 Å². The van der Waals surface area contributed by atoms with Crippen LogP contribution in [0.15, 0.2) is 42.7 Å². The lowest BCUT2D eigenvalue weighted by Crippen LogP contribution is -1.93. The van der Waals surface area contributed by atoms with Gasteiger partial charge in [0.05, 0.1) is 23.1 Å². The smallest absolute Gasteiger partial charge is 0.101 e. The second-order valence-electron chi connectivity index (χ2n) is 3.17. The minimum Gasteiger partial charge on any atom is -0.353 e. The van der Waals surface area contributed by atoms with Gasteiger partial charge in [-0.2, -0.15) is 5.26 Å². The lowest BCUT2D eigenvalue weighted by molar-refractivity contribution is 1.32. The summed E-state index contributed by atoms with van der Waals surface area (Å²) in [4.78, 5) is 3.98. The van der Waals surface area contributed by atoms with Crippen molar-refractivity contribution in [1.29, 1.82) is 5.26 Å². The van der Waals surface area contributed by atoms with E-state index < -0.39 is 0 Å². The molecule has 0 aliphatic carbocycles. The largest absolute Gasteiger partial charge is 0.353 e. The maximum absolute atomic E-state index is 8.94. The molecule has 1 N–H and O–H groups in total. The molecule has 16 heavy (non-hydrogen) atoms. The summed E-state index contributed by atoms with van der Waals surface area (Å²) < 4.78 is 0. The Hall–Kier alpha value is -2.05. The predicted molar refractivity (Wildman–Crippen MR) is 63.7 cm³/mol. The first-order valence-corrected chi connectivity index (χ1v) is 5.04. The van der Waals surface area contributed by atoms with Crippen LogP contribution in [0.1, 0.15) is 5.56 Å². The molecule has 0 aliphatic rings. The van der Waals surface area contributed by atoms with E-state index in [9.17, 15) is 0 Å². The molecule has 0 aliphatic heterocycles. The highest BCUT2D eigenvalue weighted by atomic mass is 35.5. The monoisotopic (exact) mass is 229 g/mol. The van der Waals surface area contributed by atoms with Crippen molar-refractivity contribution in [2.24, 2.45) is 0 Å². The molecule has 1 aromatic carbocycles. The van der Waals surface area contributed by atoms with Gasteiger partial charge in [0.25, 0.3) is 0 Å². The zero-order valence-electron chi connectivity index (χ0n) is 8.31. The van der Waals surface area contributed by atoms with Gasteiger partial charge < -0.3 is 5.32 Å². The number of anilines is 2. The molecule has 1 aromatic heterocycles. The predicted octanol–water partition coefficient (Wildman–Crippen LogP) is 3.35. The van der Waals surface area contributed by atoms with E-state index in [0.29, 0.717) is 16.3 Å². The fourth-order valence-corrected chi connectivity index (χ4v) is 1.48. The number of aromatic nitrogens is 1. The first-order valence-electron chi connectivity index (χ1n) is 4.66. The SMILES string of the molecule is N#Cc1ccc(Cl)cc1Nc1cccnc1. The molecule has 2 aromatic rings. The Morgan fingerprint density at radius 2 is 2.19 bits per heavy atom. The molecular weight excluding hydrogens is 222 g/mol. The van der Waals surface area contributed by atoms with Gasteiger partial charge in [0.15, 0.2) is 0 Å². The molecule has 3 nitrogen and oxygen atoms in total. The topological polar surface area (TPSA) is 48.7 Å². The van der Waals surface area contributed by atoms with Gasteiger partial charge in [-0.3, -0.25) is 4.98 Å². The van der Waals surface area contributed by atoms with Crippen LogP contribution in [0.5, 0.6) is 0 Å². The number of nitriles is 1. The Morgan fingerprint density at radius 3 is 2.88 bits per heavy atom. The highest BCUT2D eigenvalue weighted by Crippen LogP contribution is 2.23. The van der Waals surface area contributed by atoms with Crippen LogP contribution in [0, 0.1) is 11.3 Å². The maximum Gasteiger partial charge on any atom is 0.101 e. The van der Waals surface area contributed by atoms with Crippen LogP contribution in [0.4, 0.5) is 11.4 Å². The van der Waals surface area contributed by atoms with Crippen molar-refractivity contribution in [3.8, 4) is 6.07 Å². The minimum atomic E-state index is 0.549. The Balaban J connectivity index is 2.35. The molecule has 0 unspecified atom stereocenters. The molecule has 0 radical (unpaired) electrons. The van der Waals surface area contributed by atoms with Crippen molar-refractivity contribution < 1.29 is 0 Å². The normalized spacial score (nSPS) is 9.50. The molecular formula is C12H8ClN3. The molecule has 0 amide bonds. The van der Waals surface area contributed by atoms with E-state index in [1.165, 1.54) is 0 Å². The van der Waals surface area contributed by atoms with Crippen molar-refractivity contribution in [2.75, 3.05) is 5.32 Å².